The maximum absolute atomic E-state index is 13.0. The second-order valence-corrected chi connectivity index (χ2v) is 7.80. The van der Waals surface area contributed by atoms with E-state index in [1.165, 1.54) is 6.26 Å². The van der Waals surface area contributed by atoms with Gasteiger partial charge in [-0.05, 0) is 23.6 Å². The zero-order valence-corrected chi connectivity index (χ0v) is 16.5. The molecular formula is C21H20F3N3O3. The molecule has 30 heavy (non-hydrogen) atoms. The summed E-state index contributed by atoms with van der Waals surface area (Å²) in [5.74, 6) is -1.02. The third kappa shape index (κ3) is 3.77. The van der Waals surface area contributed by atoms with Gasteiger partial charge in [-0.25, -0.2) is 4.98 Å². The van der Waals surface area contributed by atoms with Crippen molar-refractivity contribution in [2.75, 3.05) is 6.54 Å². The monoisotopic (exact) mass is 419 g/mol. The summed E-state index contributed by atoms with van der Waals surface area (Å²) in [6.07, 6.45) is -3.10. The number of nitrogens with zero attached hydrogens (tertiary/aromatic N) is 2. The normalized spacial score (nSPS) is 15.0. The molecular weight excluding hydrogens is 399 g/mol. The largest absolute Gasteiger partial charge is 0.464 e. The van der Waals surface area contributed by atoms with Crippen LogP contribution in [-0.4, -0.2) is 21.4 Å². The van der Waals surface area contributed by atoms with Crippen LogP contribution in [0.5, 0.6) is 0 Å². The first-order valence-electron chi connectivity index (χ1n) is 9.59. The average molecular weight is 419 g/mol. The number of alkyl halides is 3. The lowest BCUT2D eigenvalue weighted by Gasteiger charge is -2.27. The van der Waals surface area contributed by atoms with E-state index in [1.54, 1.807) is 6.07 Å². The fourth-order valence-corrected chi connectivity index (χ4v) is 3.65. The number of aromatic nitrogens is 2. The van der Waals surface area contributed by atoms with Crippen molar-refractivity contribution >= 4 is 11.0 Å². The van der Waals surface area contributed by atoms with Crippen molar-refractivity contribution in [3.8, 4) is 0 Å². The molecule has 158 valence electrons. The number of rotatable bonds is 3. The molecule has 3 heterocycles. The molecule has 2 aromatic heterocycles. The molecule has 0 saturated heterocycles. The summed E-state index contributed by atoms with van der Waals surface area (Å²) in [5, 5.41) is 0.491. The molecule has 1 aromatic carbocycles. The molecule has 0 radical (unpaired) electrons. The van der Waals surface area contributed by atoms with E-state index in [0.717, 1.165) is 5.56 Å². The zero-order chi connectivity index (χ0) is 21.6. The Hall–Kier alpha value is -2.94. The first-order chi connectivity index (χ1) is 14.1. The van der Waals surface area contributed by atoms with Gasteiger partial charge in [0.15, 0.2) is 5.43 Å². The van der Waals surface area contributed by atoms with Gasteiger partial charge in [-0.15, -0.1) is 0 Å². The van der Waals surface area contributed by atoms with Crippen molar-refractivity contribution in [1.29, 1.82) is 0 Å². The van der Waals surface area contributed by atoms with Crippen molar-refractivity contribution in [2.45, 2.75) is 45.5 Å². The van der Waals surface area contributed by atoms with Crippen molar-refractivity contribution < 1.29 is 17.6 Å². The average Bonchev–Trinajstić information content (AvgIpc) is 2.69. The Balaban J connectivity index is 1.62. The minimum atomic E-state index is -4.70. The van der Waals surface area contributed by atoms with Gasteiger partial charge >= 0.3 is 6.18 Å². The van der Waals surface area contributed by atoms with Crippen molar-refractivity contribution in [3.63, 3.8) is 0 Å². The molecule has 1 aliphatic heterocycles. The minimum Gasteiger partial charge on any atom is -0.464 e. The Morgan fingerprint density at radius 2 is 2.03 bits per heavy atom. The number of hydrogen-bond donors (Lipinski definition) is 1. The predicted molar refractivity (Wildman–Crippen MR) is 104 cm³/mol. The summed E-state index contributed by atoms with van der Waals surface area (Å²) in [7, 11) is 0. The summed E-state index contributed by atoms with van der Waals surface area (Å²) in [5.41, 5.74) is 1.35. The smallest absolute Gasteiger partial charge is 0.449 e. The van der Waals surface area contributed by atoms with Crippen molar-refractivity contribution in [2.24, 2.45) is 0 Å². The third-order valence-corrected chi connectivity index (χ3v) is 5.34. The lowest BCUT2D eigenvalue weighted by atomic mass is 10.0. The number of halogens is 3. The molecule has 1 aliphatic rings. The highest BCUT2D eigenvalue weighted by atomic mass is 19.4. The van der Waals surface area contributed by atoms with Crippen LogP contribution in [0.15, 0.2) is 38.5 Å². The van der Waals surface area contributed by atoms with Gasteiger partial charge in [0, 0.05) is 31.6 Å². The highest BCUT2D eigenvalue weighted by molar-refractivity contribution is 5.77. The van der Waals surface area contributed by atoms with Crippen molar-refractivity contribution in [3.05, 3.63) is 73.2 Å². The highest BCUT2D eigenvalue weighted by Gasteiger charge is 2.36. The molecule has 4 rings (SSSR count). The Morgan fingerprint density at radius 1 is 1.27 bits per heavy atom. The summed E-state index contributed by atoms with van der Waals surface area (Å²) in [4.78, 5) is 32.4. The van der Waals surface area contributed by atoms with E-state index in [9.17, 15) is 22.8 Å². The van der Waals surface area contributed by atoms with Crippen LogP contribution in [-0.2, 0) is 25.7 Å². The summed E-state index contributed by atoms with van der Waals surface area (Å²) in [6, 6.07) is 5.52. The van der Waals surface area contributed by atoms with Crippen LogP contribution in [0, 0.1) is 0 Å². The third-order valence-electron chi connectivity index (χ3n) is 5.34. The second-order valence-electron chi connectivity index (χ2n) is 7.80. The van der Waals surface area contributed by atoms with E-state index in [4.69, 9.17) is 4.42 Å². The van der Waals surface area contributed by atoms with Crippen LogP contribution in [0.4, 0.5) is 13.2 Å². The number of fused-ring (bicyclic) bond motifs is 2. The standard InChI is InChI=1S/C21H20F3N3O3/c1-11(2)12-3-4-17-14(7-12)18(28)13(10-30-17)8-27-6-5-16-15(9-27)19(29)26-20(25-16)21(22,23)24/h3-4,7,10-11H,5-6,8-9H2,1-2H3,(H,25,26,29). The molecule has 0 aliphatic carbocycles. The van der Waals surface area contributed by atoms with Gasteiger partial charge in [0.1, 0.15) is 5.58 Å². The Kier molecular flexibility index (Phi) is 5.01. The van der Waals surface area contributed by atoms with Crippen molar-refractivity contribution in [1.82, 2.24) is 14.9 Å². The molecule has 0 bridgehead atoms. The van der Waals surface area contributed by atoms with Crippen LogP contribution >= 0.6 is 0 Å². The van der Waals surface area contributed by atoms with E-state index in [-0.39, 0.29) is 42.1 Å². The van der Waals surface area contributed by atoms with Crippen LogP contribution < -0.4 is 11.0 Å². The molecule has 0 unspecified atom stereocenters. The first-order valence-corrected chi connectivity index (χ1v) is 9.59. The second kappa shape index (κ2) is 7.39. The van der Waals surface area contributed by atoms with Crippen LogP contribution in [0.3, 0.4) is 0 Å². The molecule has 1 N–H and O–H groups in total. The van der Waals surface area contributed by atoms with Gasteiger partial charge in [-0.3, -0.25) is 14.5 Å². The highest BCUT2D eigenvalue weighted by Crippen LogP contribution is 2.27. The first kappa shape index (κ1) is 20.3. The lowest BCUT2D eigenvalue weighted by molar-refractivity contribution is -0.145. The SMILES string of the molecule is CC(C)c1ccc2occ(CN3CCc4nc(C(F)(F)F)[nH]c(=O)c4C3)c(=O)c2c1. The number of benzene rings is 1. The maximum atomic E-state index is 13.0. The molecule has 0 atom stereocenters. The molecule has 6 nitrogen and oxygen atoms in total. The Bertz CT molecular complexity index is 1230. The molecule has 0 amide bonds. The molecule has 0 spiro atoms. The number of hydrogen-bond acceptors (Lipinski definition) is 5. The van der Waals surface area contributed by atoms with E-state index in [1.807, 2.05) is 35.9 Å². The Morgan fingerprint density at radius 3 is 2.73 bits per heavy atom. The van der Waals surface area contributed by atoms with Gasteiger partial charge in [-0.1, -0.05) is 19.9 Å². The van der Waals surface area contributed by atoms with Crippen LogP contribution in [0.25, 0.3) is 11.0 Å². The Labute approximate surface area is 169 Å². The van der Waals surface area contributed by atoms with Gasteiger partial charge in [0.25, 0.3) is 5.56 Å². The summed E-state index contributed by atoms with van der Waals surface area (Å²) < 4.78 is 44.2. The zero-order valence-electron chi connectivity index (χ0n) is 16.5. The predicted octanol–water partition coefficient (Wildman–Crippen LogP) is 3.58. The maximum Gasteiger partial charge on any atom is 0.449 e. The summed E-state index contributed by atoms with van der Waals surface area (Å²) in [6.45, 7) is 4.79. The fourth-order valence-electron chi connectivity index (χ4n) is 3.65. The molecule has 0 fully saturated rings. The summed E-state index contributed by atoms with van der Waals surface area (Å²) >= 11 is 0. The van der Waals surface area contributed by atoms with E-state index in [0.29, 0.717) is 23.1 Å². The van der Waals surface area contributed by atoms with Crippen LogP contribution in [0.1, 0.15) is 48.0 Å². The van der Waals surface area contributed by atoms with Gasteiger partial charge in [0.2, 0.25) is 5.82 Å². The quantitative estimate of drug-likeness (QED) is 0.702. The number of H-pyrrole nitrogens is 1. The fraction of sp³-hybridized carbons (Fsp3) is 0.381. The molecule has 0 saturated carbocycles. The van der Waals surface area contributed by atoms with E-state index < -0.39 is 17.6 Å². The number of nitrogens with one attached hydrogen (secondary N) is 1. The minimum absolute atomic E-state index is 0.110. The van der Waals surface area contributed by atoms with E-state index >= 15 is 0 Å². The molecule has 3 aromatic rings. The molecule has 9 heteroatoms. The topological polar surface area (TPSA) is 79.2 Å². The number of aromatic amines is 1. The lowest BCUT2D eigenvalue weighted by Crippen LogP contribution is -2.37. The van der Waals surface area contributed by atoms with Gasteiger partial charge in [0.05, 0.1) is 22.9 Å². The van der Waals surface area contributed by atoms with Crippen LogP contribution in [0.2, 0.25) is 0 Å². The van der Waals surface area contributed by atoms with E-state index in [2.05, 4.69) is 4.98 Å². The van der Waals surface area contributed by atoms with Gasteiger partial charge < -0.3 is 9.40 Å². The van der Waals surface area contributed by atoms with Gasteiger partial charge in [-0.2, -0.15) is 13.2 Å².